The Labute approximate surface area is 92.7 Å². The Balaban J connectivity index is 2.85. The summed E-state index contributed by atoms with van der Waals surface area (Å²) in [4.78, 5) is 22.7. The third kappa shape index (κ3) is 1.65. The van der Waals surface area contributed by atoms with Gasteiger partial charge in [0.2, 0.25) is 0 Å². The van der Waals surface area contributed by atoms with E-state index in [4.69, 9.17) is 4.42 Å². The average molecular weight is 216 g/mol. The molecule has 0 amide bonds. The van der Waals surface area contributed by atoms with E-state index in [0.717, 1.165) is 16.5 Å². The molecule has 3 heteroatoms. The van der Waals surface area contributed by atoms with Gasteiger partial charge in [-0.05, 0) is 50.1 Å². The molecule has 3 nitrogen and oxygen atoms in total. The van der Waals surface area contributed by atoms with Crippen molar-refractivity contribution in [2.45, 2.75) is 20.8 Å². The number of carbonyl (C=O) groups is 1. The molecule has 1 heterocycles. The number of rotatable bonds is 1. The number of hydrogen-bond acceptors (Lipinski definition) is 3. The zero-order valence-electron chi connectivity index (χ0n) is 9.46. The van der Waals surface area contributed by atoms with Crippen molar-refractivity contribution >= 4 is 16.8 Å². The lowest BCUT2D eigenvalue weighted by atomic mass is 10.1. The molecule has 0 N–H and O–H groups in total. The molecule has 0 aliphatic carbocycles. The Morgan fingerprint density at radius 3 is 2.38 bits per heavy atom. The summed E-state index contributed by atoms with van der Waals surface area (Å²) in [5, 5.41) is 0.785. The molecule has 0 spiro atoms. The minimum Gasteiger partial charge on any atom is -0.422 e. The van der Waals surface area contributed by atoms with Crippen molar-refractivity contribution in [3.8, 4) is 0 Å². The van der Waals surface area contributed by atoms with E-state index in [-0.39, 0.29) is 11.3 Å². The molecule has 0 saturated carbocycles. The van der Waals surface area contributed by atoms with Crippen LogP contribution >= 0.6 is 0 Å². The first kappa shape index (κ1) is 10.6. The van der Waals surface area contributed by atoms with Gasteiger partial charge in [-0.1, -0.05) is 0 Å². The number of hydrogen-bond donors (Lipinski definition) is 0. The number of fused-ring (bicyclic) bond motifs is 1. The summed E-state index contributed by atoms with van der Waals surface area (Å²) >= 11 is 0. The minimum absolute atomic E-state index is 0.107. The van der Waals surface area contributed by atoms with Crippen LogP contribution in [0.4, 0.5) is 0 Å². The summed E-state index contributed by atoms with van der Waals surface area (Å²) in [7, 11) is 0. The van der Waals surface area contributed by atoms with E-state index in [1.54, 1.807) is 6.07 Å². The van der Waals surface area contributed by atoms with Gasteiger partial charge in [-0.15, -0.1) is 0 Å². The predicted molar refractivity (Wildman–Crippen MR) is 62.0 cm³/mol. The van der Waals surface area contributed by atoms with Crippen LogP contribution < -0.4 is 5.63 Å². The van der Waals surface area contributed by atoms with Gasteiger partial charge >= 0.3 is 5.63 Å². The van der Waals surface area contributed by atoms with Gasteiger partial charge < -0.3 is 4.42 Å². The van der Waals surface area contributed by atoms with E-state index in [1.807, 2.05) is 26.0 Å². The zero-order chi connectivity index (χ0) is 11.9. The standard InChI is InChI=1S/C13H12O3/c1-7-4-10-6-11(9(3)14)13(15)16-12(10)5-8(7)2/h4-6H,1-3H3. The first-order chi connectivity index (χ1) is 7.49. The van der Waals surface area contributed by atoms with Crippen molar-refractivity contribution in [3.63, 3.8) is 0 Å². The molecule has 0 bridgehead atoms. The van der Waals surface area contributed by atoms with Crippen LogP contribution in [0, 0.1) is 13.8 Å². The Morgan fingerprint density at radius 1 is 1.12 bits per heavy atom. The quantitative estimate of drug-likeness (QED) is 0.543. The second-order valence-electron chi connectivity index (χ2n) is 3.98. The van der Waals surface area contributed by atoms with Gasteiger partial charge in [0, 0.05) is 5.39 Å². The van der Waals surface area contributed by atoms with Gasteiger partial charge in [-0.3, -0.25) is 4.79 Å². The molecule has 2 aromatic rings. The fourth-order valence-corrected chi connectivity index (χ4v) is 1.63. The molecule has 0 aliphatic heterocycles. The van der Waals surface area contributed by atoms with Crippen molar-refractivity contribution < 1.29 is 9.21 Å². The highest BCUT2D eigenvalue weighted by molar-refractivity contribution is 5.96. The molecule has 0 atom stereocenters. The summed E-state index contributed by atoms with van der Waals surface area (Å²) in [6.45, 7) is 5.29. The molecule has 0 saturated heterocycles. The van der Waals surface area contributed by atoms with Crippen LogP contribution in [-0.4, -0.2) is 5.78 Å². The van der Waals surface area contributed by atoms with E-state index >= 15 is 0 Å². The number of Topliss-reactive ketones (excluding diaryl/α,β-unsaturated/α-hetero) is 1. The average Bonchev–Trinajstić information content (AvgIpc) is 2.19. The first-order valence-electron chi connectivity index (χ1n) is 5.05. The normalized spacial score (nSPS) is 10.7. The monoisotopic (exact) mass is 216 g/mol. The molecular formula is C13H12O3. The Bertz CT molecular complexity index is 635. The molecule has 0 fully saturated rings. The lowest BCUT2D eigenvalue weighted by Gasteiger charge is -2.03. The maximum absolute atomic E-state index is 11.5. The smallest absolute Gasteiger partial charge is 0.347 e. The molecule has 0 unspecified atom stereocenters. The number of carbonyl (C=O) groups excluding carboxylic acids is 1. The Kier molecular flexibility index (Phi) is 2.38. The number of aryl methyl sites for hydroxylation is 2. The topological polar surface area (TPSA) is 47.3 Å². The van der Waals surface area contributed by atoms with E-state index in [2.05, 4.69) is 0 Å². The van der Waals surface area contributed by atoms with Crippen molar-refractivity contribution in [2.24, 2.45) is 0 Å². The molecule has 1 aromatic heterocycles. The molecule has 0 aliphatic rings. The van der Waals surface area contributed by atoms with Gasteiger partial charge in [-0.2, -0.15) is 0 Å². The highest BCUT2D eigenvalue weighted by Crippen LogP contribution is 2.18. The maximum atomic E-state index is 11.5. The first-order valence-corrected chi connectivity index (χ1v) is 5.05. The lowest BCUT2D eigenvalue weighted by molar-refractivity contribution is 0.101. The fourth-order valence-electron chi connectivity index (χ4n) is 1.63. The molecule has 1 aromatic carbocycles. The van der Waals surface area contributed by atoms with Gasteiger partial charge in [0.1, 0.15) is 11.1 Å². The number of ketones is 1. The fraction of sp³-hybridized carbons (Fsp3) is 0.231. The van der Waals surface area contributed by atoms with Crippen LogP contribution in [0.3, 0.4) is 0 Å². The summed E-state index contributed by atoms with van der Waals surface area (Å²) in [6, 6.07) is 5.33. The lowest BCUT2D eigenvalue weighted by Crippen LogP contribution is -2.11. The summed E-state index contributed by atoms with van der Waals surface area (Å²) in [5.74, 6) is -0.270. The van der Waals surface area contributed by atoms with Crippen LogP contribution in [0.5, 0.6) is 0 Å². The van der Waals surface area contributed by atoms with Crippen LogP contribution in [0.2, 0.25) is 0 Å². The molecule has 16 heavy (non-hydrogen) atoms. The minimum atomic E-state index is -0.566. The zero-order valence-corrected chi connectivity index (χ0v) is 9.46. The van der Waals surface area contributed by atoms with E-state index in [1.165, 1.54) is 6.92 Å². The van der Waals surface area contributed by atoms with Crippen LogP contribution in [0.1, 0.15) is 28.4 Å². The third-order valence-corrected chi connectivity index (χ3v) is 2.73. The Hall–Kier alpha value is -1.90. The Morgan fingerprint density at radius 2 is 1.75 bits per heavy atom. The number of benzene rings is 1. The van der Waals surface area contributed by atoms with E-state index < -0.39 is 5.63 Å². The molecule has 0 radical (unpaired) electrons. The summed E-state index contributed by atoms with van der Waals surface area (Å²) < 4.78 is 5.11. The van der Waals surface area contributed by atoms with E-state index in [0.29, 0.717) is 5.58 Å². The van der Waals surface area contributed by atoms with Gasteiger partial charge in [0.25, 0.3) is 0 Å². The molecule has 2 rings (SSSR count). The largest absolute Gasteiger partial charge is 0.422 e. The van der Waals surface area contributed by atoms with Crippen molar-refractivity contribution in [2.75, 3.05) is 0 Å². The van der Waals surface area contributed by atoms with Gasteiger partial charge in [0.05, 0.1) is 0 Å². The van der Waals surface area contributed by atoms with Crippen molar-refractivity contribution in [1.29, 1.82) is 0 Å². The second-order valence-corrected chi connectivity index (χ2v) is 3.98. The highest BCUT2D eigenvalue weighted by Gasteiger charge is 2.09. The molecule has 82 valence electrons. The van der Waals surface area contributed by atoms with Crippen molar-refractivity contribution in [1.82, 2.24) is 0 Å². The molecular weight excluding hydrogens is 204 g/mol. The van der Waals surface area contributed by atoms with Gasteiger partial charge in [0.15, 0.2) is 5.78 Å². The predicted octanol–water partition coefficient (Wildman–Crippen LogP) is 2.61. The van der Waals surface area contributed by atoms with Gasteiger partial charge in [-0.25, -0.2) is 4.79 Å². The van der Waals surface area contributed by atoms with Crippen LogP contribution in [0.15, 0.2) is 27.4 Å². The summed E-state index contributed by atoms with van der Waals surface area (Å²) in [5.41, 5.74) is 2.24. The second kappa shape index (κ2) is 3.59. The highest BCUT2D eigenvalue weighted by atomic mass is 16.4. The maximum Gasteiger partial charge on any atom is 0.347 e. The SMILES string of the molecule is CC(=O)c1cc2cc(C)c(C)cc2oc1=O. The summed E-state index contributed by atoms with van der Waals surface area (Å²) in [6.07, 6.45) is 0. The van der Waals surface area contributed by atoms with Crippen LogP contribution in [0.25, 0.3) is 11.0 Å². The van der Waals surface area contributed by atoms with Crippen LogP contribution in [-0.2, 0) is 0 Å². The van der Waals surface area contributed by atoms with E-state index in [9.17, 15) is 9.59 Å². The third-order valence-electron chi connectivity index (χ3n) is 2.73. The van der Waals surface area contributed by atoms with Crippen molar-refractivity contribution in [3.05, 3.63) is 45.3 Å².